The second-order valence-electron chi connectivity index (χ2n) is 8.82. The lowest BCUT2D eigenvalue weighted by molar-refractivity contribution is -0.134. The van der Waals surface area contributed by atoms with Gasteiger partial charge in [0.15, 0.2) is 0 Å². The third-order valence-electron chi connectivity index (χ3n) is 5.14. The highest BCUT2D eigenvalue weighted by Gasteiger charge is 2.30. The molecule has 2 aromatic heterocycles. The Morgan fingerprint density at radius 2 is 1.88 bits per heavy atom. The predicted octanol–water partition coefficient (Wildman–Crippen LogP) is 3.10. The van der Waals surface area contributed by atoms with Gasteiger partial charge in [-0.15, -0.1) is 0 Å². The van der Waals surface area contributed by atoms with Gasteiger partial charge in [-0.05, 0) is 52.7 Å². The highest BCUT2D eigenvalue weighted by molar-refractivity contribution is 6.31. The number of halogens is 1. The standard InChI is InChI=1S/C22H28ClN5O4/c1-13(25-21(31)32-22(2,3)4)20(30)28-11-7-14(8-12-28)17-16(23)19(29)27-18(26-17)15-5-9-24-10-6-15/h5-6,9-10,13-14H,7-8,11-12H2,1-4H3,(H,25,31)(H,26,27,29)/t13-/m1/s1. The fourth-order valence-corrected chi connectivity index (χ4v) is 3.83. The Balaban J connectivity index is 1.65. The van der Waals surface area contributed by atoms with Crippen LogP contribution in [-0.2, 0) is 9.53 Å². The molecule has 2 N–H and O–H groups in total. The fraction of sp³-hybridized carbons (Fsp3) is 0.500. The van der Waals surface area contributed by atoms with E-state index in [1.165, 1.54) is 0 Å². The Labute approximate surface area is 191 Å². The van der Waals surface area contributed by atoms with Crippen LogP contribution in [0.2, 0.25) is 5.02 Å². The van der Waals surface area contributed by atoms with E-state index in [0.717, 1.165) is 5.56 Å². The van der Waals surface area contributed by atoms with Gasteiger partial charge < -0.3 is 19.9 Å². The number of amides is 2. The van der Waals surface area contributed by atoms with Crippen molar-refractivity contribution in [3.63, 3.8) is 0 Å². The Morgan fingerprint density at radius 1 is 1.25 bits per heavy atom. The molecule has 1 saturated heterocycles. The van der Waals surface area contributed by atoms with Gasteiger partial charge in [0, 0.05) is 37.0 Å². The molecule has 0 bridgehead atoms. The molecule has 1 atom stereocenters. The minimum atomic E-state index is -0.707. The van der Waals surface area contributed by atoms with Gasteiger partial charge in [-0.3, -0.25) is 14.6 Å². The van der Waals surface area contributed by atoms with E-state index in [1.54, 1.807) is 57.1 Å². The average Bonchev–Trinajstić information content (AvgIpc) is 2.74. The summed E-state index contributed by atoms with van der Waals surface area (Å²) in [5.74, 6) is 0.200. The summed E-state index contributed by atoms with van der Waals surface area (Å²) < 4.78 is 5.21. The number of H-pyrrole nitrogens is 1. The summed E-state index contributed by atoms with van der Waals surface area (Å²) >= 11 is 6.28. The van der Waals surface area contributed by atoms with Crippen LogP contribution in [0.5, 0.6) is 0 Å². The van der Waals surface area contributed by atoms with Crippen molar-refractivity contribution in [3.05, 3.63) is 45.6 Å². The number of piperidine rings is 1. The molecule has 32 heavy (non-hydrogen) atoms. The van der Waals surface area contributed by atoms with E-state index < -0.39 is 23.3 Å². The molecule has 0 aliphatic carbocycles. The first kappa shape index (κ1) is 23.7. The Kier molecular flexibility index (Phi) is 7.18. The third-order valence-corrected chi connectivity index (χ3v) is 5.50. The van der Waals surface area contributed by atoms with Crippen LogP contribution < -0.4 is 10.9 Å². The van der Waals surface area contributed by atoms with E-state index in [2.05, 4.69) is 20.3 Å². The molecule has 0 unspecified atom stereocenters. The first-order valence-electron chi connectivity index (χ1n) is 10.5. The van der Waals surface area contributed by atoms with Crippen LogP contribution in [-0.4, -0.2) is 56.6 Å². The molecular weight excluding hydrogens is 434 g/mol. The van der Waals surface area contributed by atoms with Crippen LogP contribution in [0.4, 0.5) is 4.79 Å². The number of likely N-dealkylation sites (tertiary alicyclic amines) is 1. The van der Waals surface area contributed by atoms with Gasteiger partial charge in [-0.25, -0.2) is 9.78 Å². The lowest BCUT2D eigenvalue weighted by Gasteiger charge is -2.33. The minimum absolute atomic E-state index is 0.0523. The Morgan fingerprint density at radius 3 is 2.47 bits per heavy atom. The summed E-state index contributed by atoms with van der Waals surface area (Å²) in [5, 5.41) is 2.66. The second-order valence-corrected chi connectivity index (χ2v) is 9.20. The maximum Gasteiger partial charge on any atom is 0.408 e. The zero-order valence-electron chi connectivity index (χ0n) is 18.6. The molecule has 0 saturated carbocycles. The number of hydrogen-bond donors (Lipinski definition) is 2. The van der Waals surface area contributed by atoms with E-state index in [9.17, 15) is 14.4 Å². The van der Waals surface area contributed by atoms with Crippen molar-refractivity contribution in [1.82, 2.24) is 25.2 Å². The van der Waals surface area contributed by atoms with Crippen LogP contribution in [0.3, 0.4) is 0 Å². The summed E-state index contributed by atoms with van der Waals surface area (Å²) in [5.41, 5.74) is 0.246. The Bertz CT molecular complexity index is 1030. The predicted molar refractivity (Wildman–Crippen MR) is 120 cm³/mol. The number of pyridine rings is 1. The summed E-state index contributed by atoms with van der Waals surface area (Å²) in [6, 6.07) is 2.81. The normalized spacial score (nSPS) is 15.8. The number of nitrogens with zero attached hydrogens (tertiary/aromatic N) is 3. The number of carbonyl (C=O) groups is 2. The topological polar surface area (TPSA) is 117 Å². The lowest BCUT2D eigenvalue weighted by Crippen LogP contribution is -2.50. The van der Waals surface area contributed by atoms with Gasteiger partial charge in [0.1, 0.15) is 22.5 Å². The lowest BCUT2D eigenvalue weighted by atomic mass is 9.92. The minimum Gasteiger partial charge on any atom is -0.444 e. The number of hydrogen-bond acceptors (Lipinski definition) is 6. The number of alkyl carbamates (subject to hydrolysis) is 1. The molecular formula is C22H28ClN5O4. The van der Waals surface area contributed by atoms with Gasteiger partial charge in [0.2, 0.25) is 5.91 Å². The maximum atomic E-state index is 12.8. The molecule has 1 aliphatic heterocycles. The summed E-state index contributed by atoms with van der Waals surface area (Å²) in [4.78, 5) is 50.1. The monoisotopic (exact) mass is 461 g/mol. The molecule has 2 aromatic rings. The van der Waals surface area contributed by atoms with E-state index in [4.69, 9.17) is 16.3 Å². The second kappa shape index (κ2) is 9.68. The van der Waals surface area contributed by atoms with Crippen molar-refractivity contribution < 1.29 is 14.3 Å². The zero-order chi connectivity index (χ0) is 23.5. The Hall–Kier alpha value is -2.94. The van der Waals surface area contributed by atoms with Crippen molar-refractivity contribution in [3.8, 4) is 11.4 Å². The fourth-order valence-electron chi connectivity index (χ4n) is 3.59. The number of nitrogens with one attached hydrogen (secondary N) is 2. The van der Waals surface area contributed by atoms with Gasteiger partial charge in [-0.1, -0.05) is 11.6 Å². The van der Waals surface area contributed by atoms with Crippen molar-refractivity contribution in [1.29, 1.82) is 0 Å². The van der Waals surface area contributed by atoms with E-state index in [-0.39, 0.29) is 16.8 Å². The number of rotatable bonds is 4. The zero-order valence-corrected chi connectivity index (χ0v) is 19.4. The molecule has 0 spiro atoms. The molecule has 1 fully saturated rings. The van der Waals surface area contributed by atoms with Crippen LogP contribution in [0.25, 0.3) is 11.4 Å². The number of carbonyl (C=O) groups excluding carboxylic acids is 2. The van der Waals surface area contributed by atoms with Crippen LogP contribution in [0.15, 0.2) is 29.3 Å². The quantitative estimate of drug-likeness (QED) is 0.722. The molecule has 2 amide bonds. The summed E-state index contributed by atoms with van der Waals surface area (Å²) in [6.45, 7) is 7.86. The molecule has 3 rings (SSSR count). The van der Waals surface area contributed by atoms with Crippen LogP contribution in [0, 0.1) is 0 Å². The van der Waals surface area contributed by atoms with Gasteiger partial charge in [0.05, 0.1) is 5.69 Å². The van der Waals surface area contributed by atoms with Crippen LogP contribution >= 0.6 is 11.6 Å². The van der Waals surface area contributed by atoms with Crippen molar-refractivity contribution in [2.75, 3.05) is 13.1 Å². The third kappa shape index (κ3) is 5.85. The smallest absolute Gasteiger partial charge is 0.408 e. The van der Waals surface area contributed by atoms with Crippen molar-refractivity contribution >= 4 is 23.6 Å². The molecule has 172 valence electrons. The van der Waals surface area contributed by atoms with Crippen LogP contribution in [0.1, 0.15) is 52.1 Å². The molecule has 10 heteroatoms. The SMILES string of the molecule is C[C@@H](NC(=O)OC(C)(C)C)C(=O)N1CCC(c2nc(-c3ccncc3)[nH]c(=O)c2Cl)CC1. The molecule has 3 heterocycles. The molecule has 0 radical (unpaired) electrons. The first-order chi connectivity index (χ1) is 15.0. The van der Waals surface area contributed by atoms with Crippen molar-refractivity contribution in [2.24, 2.45) is 0 Å². The molecule has 9 nitrogen and oxygen atoms in total. The van der Waals surface area contributed by atoms with E-state index in [1.807, 2.05) is 0 Å². The van der Waals surface area contributed by atoms with Gasteiger partial charge in [0.25, 0.3) is 5.56 Å². The van der Waals surface area contributed by atoms with E-state index >= 15 is 0 Å². The number of aromatic amines is 1. The van der Waals surface area contributed by atoms with E-state index in [0.29, 0.717) is 37.4 Å². The molecule has 1 aliphatic rings. The average molecular weight is 462 g/mol. The highest BCUT2D eigenvalue weighted by atomic mass is 35.5. The number of aromatic nitrogens is 3. The molecule has 0 aromatic carbocycles. The van der Waals surface area contributed by atoms with Crippen molar-refractivity contribution in [2.45, 2.75) is 58.1 Å². The first-order valence-corrected chi connectivity index (χ1v) is 10.9. The summed E-state index contributed by atoms with van der Waals surface area (Å²) in [7, 11) is 0. The largest absolute Gasteiger partial charge is 0.444 e. The highest BCUT2D eigenvalue weighted by Crippen LogP contribution is 2.31. The van der Waals surface area contributed by atoms with Gasteiger partial charge >= 0.3 is 6.09 Å². The summed E-state index contributed by atoms with van der Waals surface area (Å²) in [6.07, 6.45) is 3.84. The maximum absolute atomic E-state index is 12.8. The van der Waals surface area contributed by atoms with Gasteiger partial charge in [-0.2, -0.15) is 0 Å². The number of ether oxygens (including phenoxy) is 1.